The summed E-state index contributed by atoms with van der Waals surface area (Å²) in [5, 5.41) is 0.348. The Morgan fingerprint density at radius 1 is 1.25 bits per heavy atom. The summed E-state index contributed by atoms with van der Waals surface area (Å²) in [6.07, 6.45) is 3.24. The molecule has 0 unspecified atom stereocenters. The third-order valence-corrected chi connectivity index (χ3v) is 7.21. The molecule has 0 N–H and O–H groups in total. The molecule has 1 radical (unpaired) electrons. The molecule has 73 valence electrons. The van der Waals surface area contributed by atoms with Gasteiger partial charge < -0.3 is 4.43 Å². The standard InChI is InChI=1S/C10H23OSi/c1-7-8-9-11-12(5,6)10(2,3)4/h7H,8-9H2,1-6H3. The largest absolute Gasteiger partial charge is 0.417 e. The molecule has 0 amide bonds. The molecule has 0 bridgehead atoms. The molecule has 0 aliphatic rings. The van der Waals surface area contributed by atoms with E-state index in [9.17, 15) is 0 Å². The van der Waals surface area contributed by atoms with E-state index in [2.05, 4.69) is 47.2 Å². The van der Waals surface area contributed by atoms with Crippen molar-refractivity contribution in [1.29, 1.82) is 0 Å². The zero-order valence-corrected chi connectivity index (χ0v) is 10.4. The van der Waals surface area contributed by atoms with Crippen molar-refractivity contribution in [3.8, 4) is 0 Å². The summed E-state index contributed by atoms with van der Waals surface area (Å²) in [7, 11) is -1.46. The lowest BCUT2D eigenvalue weighted by Crippen LogP contribution is -2.40. The highest BCUT2D eigenvalue weighted by Gasteiger charge is 2.36. The minimum absolute atomic E-state index is 0.348. The maximum absolute atomic E-state index is 5.94. The fourth-order valence-corrected chi connectivity index (χ4v) is 1.71. The quantitative estimate of drug-likeness (QED) is 0.482. The molecule has 0 saturated carbocycles. The SMILES string of the molecule is C[CH]CCO[Si](C)(C)C(C)(C)C. The molecule has 0 aliphatic heterocycles. The number of hydrogen-bond acceptors (Lipinski definition) is 1. The Labute approximate surface area is 78.6 Å². The summed E-state index contributed by atoms with van der Waals surface area (Å²) in [6.45, 7) is 14.4. The van der Waals surface area contributed by atoms with Gasteiger partial charge in [0.05, 0.1) is 0 Å². The molecule has 0 fully saturated rings. The molecule has 0 aliphatic carbocycles. The molecule has 0 aromatic carbocycles. The van der Waals surface area contributed by atoms with Gasteiger partial charge in [0, 0.05) is 6.61 Å². The second-order valence-corrected chi connectivity index (χ2v) is 9.61. The molecule has 0 rings (SSSR count). The van der Waals surface area contributed by atoms with Crippen molar-refractivity contribution in [1.82, 2.24) is 0 Å². The maximum atomic E-state index is 5.94. The maximum Gasteiger partial charge on any atom is 0.191 e. The molecule has 2 heteroatoms. The first kappa shape index (κ1) is 12.2. The van der Waals surface area contributed by atoms with Gasteiger partial charge in [0.2, 0.25) is 0 Å². The Hall–Kier alpha value is 0.177. The zero-order chi connectivity index (χ0) is 9.83. The van der Waals surface area contributed by atoms with Crippen LogP contribution < -0.4 is 0 Å². The third kappa shape index (κ3) is 3.72. The fourth-order valence-electron chi connectivity index (χ4n) is 0.648. The van der Waals surface area contributed by atoms with Crippen LogP contribution in [0.15, 0.2) is 0 Å². The molecule has 0 atom stereocenters. The van der Waals surface area contributed by atoms with Crippen LogP contribution in [0.5, 0.6) is 0 Å². The first-order valence-electron chi connectivity index (χ1n) is 4.73. The Morgan fingerprint density at radius 2 is 1.75 bits per heavy atom. The molecular weight excluding hydrogens is 164 g/mol. The summed E-state index contributed by atoms with van der Waals surface area (Å²) in [6, 6.07) is 0. The van der Waals surface area contributed by atoms with Crippen LogP contribution in [0.25, 0.3) is 0 Å². The van der Waals surface area contributed by atoms with E-state index in [4.69, 9.17) is 4.43 Å². The lowest BCUT2D eigenvalue weighted by atomic mass is 10.2. The van der Waals surface area contributed by atoms with Crippen molar-refractivity contribution >= 4 is 8.32 Å². The van der Waals surface area contributed by atoms with Crippen LogP contribution in [-0.2, 0) is 4.43 Å². The zero-order valence-electron chi connectivity index (χ0n) is 9.40. The topological polar surface area (TPSA) is 9.23 Å². The van der Waals surface area contributed by atoms with E-state index in [0.717, 1.165) is 13.0 Å². The highest BCUT2D eigenvalue weighted by molar-refractivity contribution is 6.74. The summed E-state index contributed by atoms with van der Waals surface area (Å²) in [5.74, 6) is 0. The van der Waals surface area contributed by atoms with Crippen molar-refractivity contribution in [2.24, 2.45) is 0 Å². The van der Waals surface area contributed by atoms with E-state index in [1.165, 1.54) is 0 Å². The summed E-state index contributed by atoms with van der Waals surface area (Å²) < 4.78 is 5.94. The van der Waals surface area contributed by atoms with Gasteiger partial charge in [-0.1, -0.05) is 27.7 Å². The smallest absolute Gasteiger partial charge is 0.191 e. The number of unbranched alkanes of at least 4 members (excludes halogenated alkanes) is 1. The molecule has 1 nitrogen and oxygen atoms in total. The Morgan fingerprint density at radius 3 is 2.08 bits per heavy atom. The highest BCUT2D eigenvalue weighted by atomic mass is 28.4. The van der Waals surface area contributed by atoms with E-state index in [0.29, 0.717) is 5.04 Å². The normalized spacial score (nSPS) is 13.5. The van der Waals surface area contributed by atoms with E-state index in [1.807, 2.05) is 0 Å². The van der Waals surface area contributed by atoms with Crippen LogP contribution in [-0.4, -0.2) is 14.9 Å². The number of hydrogen-bond donors (Lipinski definition) is 0. The molecular formula is C10H23OSi. The van der Waals surface area contributed by atoms with Crippen LogP contribution in [0.2, 0.25) is 18.1 Å². The molecule has 0 heterocycles. The second-order valence-electron chi connectivity index (χ2n) is 4.81. The van der Waals surface area contributed by atoms with Gasteiger partial charge in [0.1, 0.15) is 0 Å². The van der Waals surface area contributed by atoms with Crippen LogP contribution in [0, 0.1) is 6.42 Å². The van der Waals surface area contributed by atoms with Gasteiger partial charge in [-0.15, -0.1) is 0 Å². The predicted molar refractivity (Wildman–Crippen MR) is 57.7 cm³/mol. The van der Waals surface area contributed by atoms with E-state index in [1.54, 1.807) is 0 Å². The van der Waals surface area contributed by atoms with Gasteiger partial charge in [-0.3, -0.25) is 0 Å². The second kappa shape index (κ2) is 4.42. The Bertz CT molecular complexity index is 124. The van der Waals surface area contributed by atoms with Crippen molar-refractivity contribution in [2.75, 3.05) is 6.61 Å². The van der Waals surface area contributed by atoms with Crippen LogP contribution in [0.1, 0.15) is 34.1 Å². The molecule has 0 aromatic heterocycles. The minimum atomic E-state index is -1.46. The van der Waals surface area contributed by atoms with Crippen molar-refractivity contribution in [2.45, 2.75) is 52.2 Å². The predicted octanol–water partition coefficient (Wildman–Crippen LogP) is 3.62. The average molecular weight is 187 g/mol. The molecule has 0 aromatic rings. The van der Waals surface area contributed by atoms with Crippen LogP contribution >= 0.6 is 0 Å². The first-order chi connectivity index (χ1) is 5.31. The van der Waals surface area contributed by atoms with E-state index < -0.39 is 8.32 Å². The molecule has 0 saturated heterocycles. The van der Waals surface area contributed by atoms with Crippen LogP contribution in [0.3, 0.4) is 0 Å². The summed E-state index contributed by atoms with van der Waals surface area (Å²) in [4.78, 5) is 0. The minimum Gasteiger partial charge on any atom is -0.417 e. The monoisotopic (exact) mass is 187 g/mol. The molecule has 0 spiro atoms. The van der Waals surface area contributed by atoms with E-state index in [-0.39, 0.29) is 0 Å². The van der Waals surface area contributed by atoms with Crippen molar-refractivity contribution < 1.29 is 4.43 Å². The van der Waals surface area contributed by atoms with Gasteiger partial charge in [0.25, 0.3) is 0 Å². The first-order valence-corrected chi connectivity index (χ1v) is 7.64. The van der Waals surface area contributed by atoms with Gasteiger partial charge in [0.15, 0.2) is 8.32 Å². The molecule has 12 heavy (non-hydrogen) atoms. The Kier molecular flexibility index (Phi) is 4.49. The lowest BCUT2D eigenvalue weighted by Gasteiger charge is -2.36. The van der Waals surface area contributed by atoms with Gasteiger partial charge in [-0.25, -0.2) is 0 Å². The lowest BCUT2D eigenvalue weighted by molar-refractivity contribution is 0.291. The summed E-state index contributed by atoms with van der Waals surface area (Å²) in [5.41, 5.74) is 0. The van der Waals surface area contributed by atoms with Crippen LogP contribution in [0.4, 0.5) is 0 Å². The van der Waals surface area contributed by atoms with E-state index >= 15 is 0 Å². The van der Waals surface area contributed by atoms with Crippen molar-refractivity contribution in [3.63, 3.8) is 0 Å². The fraction of sp³-hybridized carbons (Fsp3) is 0.900. The highest BCUT2D eigenvalue weighted by Crippen LogP contribution is 2.36. The van der Waals surface area contributed by atoms with Gasteiger partial charge in [-0.05, 0) is 31.0 Å². The number of rotatable bonds is 4. The average Bonchev–Trinajstić information content (AvgIpc) is 1.85. The van der Waals surface area contributed by atoms with Crippen molar-refractivity contribution in [3.05, 3.63) is 6.42 Å². The summed E-state index contributed by atoms with van der Waals surface area (Å²) >= 11 is 0. The third-order valence-electron chi connectivity index (χ3n) is 2.68. The van der Waals surface area contributed by atoms with Gasteiger partial charge in [-0.2, -0.15) is 0 Å². The van der Waals surface area contributed by atoms with Gasteiger partial charge >= 0.3 is 0 Å². The Balaban J connectivity index is 3.88.